The number of para-hydroxylation sites is 1. The van der Waals surface area contributed by atoms with Crippen LogP contribution in [0, 0.1) is 0 Å². The van der Waals surface area contributed by atoms with E-state index in [1.165, 1.54) is 5.56 Å². The van der Waals surface area contributed by atoms with Crippen LogP contribution in [0.3, 0.4) is 0 Å². The summed E-state index contributed by atoms with van der Waals surface area (Å²) in [6.45, 7) is 0. The lowest BCUT2D eigenvalue weighted by atomic mass is 9.92. The predicted octanol–water partition coefficient (Wildman–Crippen LogP) is 3.05. The molecule has 3 heteroatoms. The molecule has 0 radical (unpaired) electrons. The molecule has 1 heterocycles. The Morgan fingerprint density at radius 3 is 2.57 bits per heavy atom. The second-order valence-electron chi connectivity index (χ2n) is 5.48. The predicted molar refractivity (Wildman–Crippen MR) is 81.3 cm³/mol. The number of aromatic nitrogens is 2. The molecule has 0 saturated heterocycles. The summed E-state index contributed by atoms with van der Waals surface area (Å²) in [5, 5.41) is 15.7. The molecule has 2 aromatic carbocycles. The molecule has 0 aliphatic heterocycles. The molecule has 0 fully saturated rings. The van der Waals surface area contributed by atoms with Crippen LogP contribution in [-0.2, 0) is 12.0 Å². The van der Waals surface area contributed by atoms with Crippen LogP contribution in [0.4, 0.5) is 0 Å². The van der Waals surface area contributed by atoms with Gasteiger partial charge in [0.25, 0.3) is 0 Å². The van der Waals surface area contributed by atoms with Crippen LogP contribution in [0.2, 0.25) is 0 Å². The van der Waals surface area contributed by atoms with E-state index < -0.39 is 5.60 Å². The van der Waals surface area contributed by atoms with Crippen molar-refractivity contribution in [3.63, 3.8) is 0 Å². The van der Waals surface area contributed by atoms with Gasteiger partial charge in [-0.15, -0.1) is 0 Å². The molecule has 0 spiro atoms. The highest BCUT2D eigenvalue weighted by Gasteiger charge is 2.40. The van der Waals surface area contributed by atoms with E-state index in [0.717, 1.165) is 23.4 Å². The summed E-state index contributed by atoms with van der Waals surface area (Å²) in [6.07, 6.45) is 3.35. The maximum atomic E-state index is 11.3. The smallest absolute Gasteiger partial charge is 0.132 e. The van der Waals surface area contributed by atoms with Crippen molar-refractivity contribution in [2.24, 2.45) is 0 Å². The summed E-state index contributed by atoms with van der Waals surface area (Å²) in [4.78, 5) is 0. The van der Waals surface area contributed by atoms with Crippen LogP contribution < -0.4 is 0 Å². The van der Waals surface area contributed by atoms with Crippen LogP contribution in [0.15, 0.2) is 66.9 Å². The van der Waals surface area contributed by atoms with Crippen LogP contribution in [0.1, 0.15) is 23.2 Å². The molecular formula is C18H16N2O. The third kappa shape index (κ3) is 1.82. The highest BCUT2D eigenvalue weighted by molar-refractivity contribution is 5.45. The molecule has 0 bridgehead atoms. The SMILES string of the molecule is OC1(c2ccnn2-c2ccccc2)CCc2ccccc21. The molecule has 0 saturated carbocycles. The van der Waals surface area contributed by atoms with E-state index in [4.69, 9.17) is 0 Å². The van der Waals surface area contributed by atoms with Crippen molar-refractivity contribution in [3.8, 4) is 5.69 Å². The zero-order valence-electron chi connectivity index (χ0n) is 11.6. The van der Waals surface area contributed by atoms with Gasteiger partial charge in [0, 0.05) is 6.20 Å². The van der Waals surface area contributed by atoms with E-state index in [0.29, 0.717) is 6.42 Å². The fraction of sp³-hybridized carbons (Fsp3) is 0.167. The van der Waals surface area contributed by atoms with Crippen molar-refractivity contribution in [3.05, 3.63) is 83.7 Å². The number of benzene rings is 2. The number of hydrogen-bond donors (Lipinski definition) is 1. The Balaban J connectivity index is 1.88. The van der Waals surface area contributed by atoms with Crippen molar-refractivity contribution in [1.29, 1.82) is 0 Å². The average Bonchev–Trinajstić information content (AvgIpc) is 3.15. The number of fused-ring (bicyclic) bond motifs is 1. The summed E-state index contributed by atoms with van der Waals surface area (Å²) in [6, 6.07) is 20.0. The highest BCUT2D eigenvalue weighted by Crippen LogP contribution is 2.42. The monoisotopic (exact) mass is 276 g/mol. The molecule has 1 aliphatic rings. The summed E-state index contributed by atoms with van der Waals surface area (Å²) in [5.41, 5.74) is 3.07. The van der Waals surface area contributed by atoms with E-state index >= 15 is 0 Å². The minimum atomic E-state index is -0.955. The molecule has 1 unspecified atom stereocenters. The third-order valence-corrected chi connectivity index (χ3v) is 4.29. The van der Waals surface area contributed by atoms with Crippen LogP contribution in [0.5, 0.6) is 0 Å². The molecule has 1 aromatic heterocycles. The third-order valence-electron chi connectivity index (χ3n) is 4.29. The molecular weight excluding hydrogens is 260 g/mol. The molecule has 4 rings (SSSR count). The van der Waals surface area contributed by atoms with Crippen molar-refractivity contribution in [1.82, 2.24) is 9.78 Å². The fourth-order valence-corrected chi connectivity index (χ4v) is 3.25. The van der Waals surface area contributed by atoms with Crippen LogP contribution >= 0.6 is 0 Å². The van der Waals surface area contributed by atoms with E-state index in [1.54, 1.807) is 6.20 Å². The summed E-state index contributed by atoms with van der Waals surface area (Å²) < 4.78 is 1.84. The van der Waals surface area contributed by atoms with Gasteiger partial charge in [0.15, 0.2) is 0 Å². The van der Waals surface area contributed by atoms with Crippen molar-refractivity contribution in [2.45, 2.75) is 18.4 Å². The van der Waals surface area contributed by atoms with Gasteiger partial charge >= 0.3 is 0 Å². The Bertz CT molecular complexity index is 779. The first-order valence-electron chi connectivity index (χ1n) is 7.20. The molecule has 1 aliphatic carbocycles. The summed E-state index contributed by atoms with van der Waals surface area (Å²) in [7, 11) is 0. The number of rotatable bonds is 2. The van der Waals surface area contributed by atoms with Gasteiger partial charge in [0.1, 0.15) is 5.60 Å². The van der Waals surface area contributed by atoms with Gasteiger partial charge in [-0.05, 0) is 42.2 Å². The minimum Gasteiger partial charge on any atom is -0.379 e. The minimum absolute atomic E-state index is 0.699. The van der Waals surface area contributed by atoms with Gasteiger partial charge in [0.05, 0.1) is 11.4 Å². The van der Waals surface area contributed by atoms with Crippen molar-refractivity contribution in [2.75, 3.05) is 0 Å². The lowest BCUT2D eigenvalue weighted by molar-refractivity contribution is 0.0756. The molecule has 0 amide bonds. The normalized spacial score (nSPS) is 20.4. The number of aliphatic hydroxyl groups is 1. The van der Waals surface area contributed by atoms with Crippen molar-refractivity contribution < 1.29 is 5.11 Å². The standard InChI is InChI=1S/C18H16N2O/c21-18(12-10-14-6-4-5-9-16(14)18)17-11-13-19-20(17)15-7-2-1-3-8-15/h1-9,11,13,21H,10,12H2. The van der Waals surface area contributed by atoms with Crippen LogP contribution in [-0.4, -0.2) is 14.9 Å². The van der Waals surface area contributed by atoms with Gasteiger partial charge < -0.3 is 5.11 Å². The number of aryl methyl sites for hydroxylation is 1. The van der Waals surface area contributed by atoms with E-state index in [1.807, 2.05) is 59.3 Å². The molecule has 21 heavy (non-hydrogen) atoms. The first kappa shape index (κ1) is 12.4. The summed E-state index contributed by atoms with van der Waals surface area (Å²) in [5.74, 6) is 0. The van der Waals surface area contributed by atoms with E-state index in [9.17, 15) is 5.11 Å². The average molecular weight is 276 g/mol. The number of nitrogens with zero attached hydrogens (tertiary/aromatic N) is 2. The maximum Gasteiger partial charge on any atom is 0.132 e. The van der Waals surface area contributed by atoms with E-state index in [2.05, 4.69) is 11.2 Å². The van der Waals surface area contributed by atoms with Crippen molar-refractivity contribution >= 4 is 0 Å². The first-order chi connectivity index (χ1) is 10.3. The highest BCUT2D eigenvalue weighted by atomic mass is 16.3. The zero-order chi connectivity index (χ0) is 14.3. The van der Waals surface area contributed by atoms with Crippen LogP contribution in [0.25, 0.3) is 5.69 Å². The number of hydrogen-bond acceptors (Lipinski definition) is 2. The van der Waals surface area contributed by atoms with E-state index in [-0.39, 0.29) is 0 Å². The van der Waals surface area contributed by atoms with Gasteiger partial charge in [-0.3, -0.25) is 0 Å². The Hall–Kier alpha value is -2.39. The lowest BCUT2D eigenvalue weighted by Gasteiger charge is -2.25. The van der Waals surface area contributed by atoms with Gasteiger partial charge in [-0.25, -0.2) is 4.68 Å². The Labute approximate surface area is 123 Å². The molecule has 1 N–H and O–H groups in total. The largest absolute Gasteiger partial charge is 0.379 e. The molecule has 3 nitrogen and oxygen atoms in total. The second-order valence-corrected chi connectivity index (χ2v) is 5.48. The topological polar surface area (TPSA) is 38.1 Å². The van der Waals surface area contributed by atoms with Gasteiger partial charge in [-0.1, -0.05) is 42.5 Å². The van der Waals surface area contributed by atoms with Gasteiger partial charge in [-0.2, -0.15) is 5.10 Å². The lowest BCUT2D eigenvalue weighted by Crippen LogP contribution is -2.27. The quantitative estimate of drug-likeness (QED) is 0.781. The Morgan fingerprint density at radius 1 is 0.952 bits per heavy atom. The Kier molecular flexibility index (Phi) is 2.69. The fourth-order valence-electron chi connectivity index (χ4n) is 3.25. The zero-order valence-corrected chi connectivity index (χ0v) is 11.6. The van der Waals surface area contributed by atoms with Gasteiger partial charge in [0.2, 0.25) is 0 Å². The summed E-state index contributed by atoms with van der Waals surface area (Å²) >= 11 is 0. The second kappa shape index (κ2) is 4.57. The molecule has 3 aromatic rings. The molecule has 1 atom stereocenters. The maximum absolute atomic E-state index is 11.3. The Morgan fingerprint density at radius 2 is 1.71 bits per heavy atom. The first-order valence-corrected chi connectivity index (χ1v) is 7.20. The molecule has 104 valence electrons.